The van der Waals surface area contributed by atoms with E-state index < -0.39 is 5.97 Å². The first-order chi connectivity index (χ1) is 8.97. The molecule has 5 nitrogen and oxygen atoms in total. The monoisotopic (exact) mass is 267 g/mol. The summed E-state index contributed by atoms with van der Waals surface area (Å²) in [5.41, 5.74) is 0.832. The Kier molecular flexibility index (Phi) is 5.86. The van der Waals surface area contributed by atoms with E-state index in [1.165, 1.54) is 25.7 Å². The minimum atomic E-state index is -0.925. The van der Waals surface area contributed by atoms with Crippen LogP contribution in [-0.2, 0) is 7.05 Å². The molecule has 0 aliphatic carbocycles. The summed E-state index contributed by atoms with van der Waals surface area (Å²) in [5.74, 6) is -0.320. The molecule has 1 atom stereocenters. The summed E-state index contributed by atoms with van der Waals surface area (Å²) < 4.78 is 1.61. The molecule has 0 radical (unpaired) electrons. The fourth-order valence-electron chi connectivity index (χ4n) is 2.26. The fourth-order valence-corrected chi connectivity index (χ4v) is 2.26. The van der Waals surface area contributed by atoms with Crippen molar-refractivity contribution in [2.45, 2.75) is 58.9 Å². The van der Waals surface area contributed by atoms with Crippen molar-refractivity contribution in [2.75, 3.05) is 5.32 Å². The standard InChI is InChI=1S/C14H25N3O2/c1-5-6-7-8-9-10(2)15-13-12(14(18)19)11(3)16-17(13)4/h10,15H,5-9H2,1-4H3,(H,18,19). The zero-order valence-corrected chi connectivity index (χ0v) is 12.4. The van der Waals surface area contributed by atoms with E-state index in [4.69, 9.17) is 0 Å². The molecule has 0 aromatic carbocycles. The summed E-state index contributed by atoms with van der Waals surface area (Å²) in [6.07, 6.45) is 5.94. The maximum atomic E-state index is 11.2. The van der Waals surface area contributed by atoms with Crippen molar-refractivity contribution in [1.29, 1.82) is 0 Å². The highest BCUT2D eigenvalue weighted by atomic mass is 16.4. The number of nitrogens with zero attached hydrogens (tertiary/aromatic N) is 2. The van der Waals surface area contributed by atoms with Gasteiger partial charge in [-0.2, -0.15) is 5.10 Å². The van der Waals surface area contributed by atoms with Crippen LogP contribution in [0.3, 0.4) is 0 Å². The molecule has 0 aliphatic rings. The molecule has 0 spiro atoms. The second kappa shape index (κ2) is 7.16. The van der Waals surface area contributed by atoms with E-state index in [0.717, 1.165) is 6.42 Å². The number of aryl methyl sites for hydroxylation is 2. The molecular formula is C14H25N3O2. The van der Waals surface area contributed by atoms with E-state index in [0.29, 0.717) is 11.5 Å². The minimum Gasteiger partial charge on any atom is -0.477 e. The van der Waals surface area contributed by atoms with E-state index >= 15 is 0 Å². The Morgan fingerprint density at radius 1 is 1.42 bits per heavy atom. The van der Waals surface area contributed by atoms with Gasteiger partial charge in [-0.3, -0.25) is 4.68 Å². The van der Waals surface area contributed by atoms with Crippen LogP contribution in [0.2, 0.25) is 0 Å². The van der Waals surface area contributed by atoms with E-state index in [-0.39, 0.29) is 11.6 Å². The highest BCUT2D eigenvalue weighted by molar-refractivity contribution is 5.94. The Morgan fingerprint density at radius 2 is 2.11 bits per heavy atom. The molecule has 1 aromatic heterocycles. The minimum absolute atomic E-state index is 0.254. The van der Waals surface area contributed by atoms with Gasteiger partial charge in [0.2, 0.25) is 0 Å². The molecule has 0 saturated heterocycles. The number of carbonyl (C=O) groups is 1. The van der Waals surface area contributed by atoms with Gasteiger partial charge in [-0.1, -0.05) is 32.6 Å². The van der Waals surface area contributed by atoms with Crippen LogP contribution in [0.25, 0.3) is 0 Å². The van der Waals surface area contributed by atoms with Crippen molar-refractivity contribution in [1.82, 2.24) is 9.78 Å². The average Bonchev–Trinajstić information content (AvgIpc) is 2.60. The van der Waals surface area contributed by atoms with Crippen molar-refractivity contribution < 1.29 is 9.90 Å². The number of carboxylic acid groups (broad SMARTS) is 1. The van der Waals surface area contributed by atoms with Crippen molar-refractivity contribution >= 4 is 11.8 Å². The molecule has 1 rings (SSSR count). The average molecular weight is 267 g/mol. The van der Waals surface area contributed by atoms with E-state index in [1.54, 1.807) is 18.7 Å². The van der Waals surface area contributed by atoms with Crippen LogP contribution in [0.4, 0.5) is 5.82 Å². The summed E-state index contributed by atoms with van der Waals surface area (Å²) in [7, 11) is 1.77. The van der Waals surface area contributed by atoms with Gasteiger partial charge in [0.15, 0.2) is 0 Å². The molecule has 0 saturated carbocycles. The highest BCUT2D eigenvalue weighted by Crippen LogP contribution is 2.20. The Hall–Kier alpha value is -1.52. The maximum absolute atomic E-state index is 11.2. The molecule has 0 bridgehead atoms. The van der Waals surface area contributed by atoms with Gasteiger partial charge in [-0.05, 0) is 20.3 Å². The number of aromatic carboxylic acids is 1. The third-order valence-corrected chi connectivity index (χ3v) is 3.31. The van der Waals surface area contributed by atoms with Crippen molar-refractivity contribution in [3.63, 3.8) is 0 Å². The number of unbranched alkanes of at least 4 members (excludes halogenated alkanes) is 3. The normalized spacial score (nSPS) is 12.4. The van der Waals surface area contributed by atoms with Crippen LogP contribution in [-0.4, -0.2) is 26.9 Å². The fraction of sp³-hybridized carbons (Fsp3) is 0.714. The first-order valence-corrected chi connectivity index (χ1v) is 7.00. The molecular weight excluding hydrogens is 242 g/mol. The van der Waals surface area contributed by atoms with Gasteiger partial charge in [-0.15, -0.1) is 0 Å². The second-order valence-electron chi connectivity index (χ2n) is 5.13. The Balaban J connectivity index is 2.63. The zero-order chi connectivity index (χ0) is 14.4. The van der Waals surface area contributed by atoms with E-state index in [1.807, 2.05) is 0 Å². The highest BCUT2D eigenvalue weighted by Gasteiger charge is 2.20. The molecule has 0 aliphatic heterocycles. The summed E-state index contributed by atoms with van der Waals surface area (Å²) >= 11 is 0. The molecule has 0 amide bonds. The lowest BCUT2D eigenvalue weighted by atomic mass is 10.1. The molecule has 1 unspecified atom stereocenters. The van der Waals surface area contributed by atoms with Crippen LogP contribution >= 0.6 is 0 Å². The Labute approximate surface area is 115 Å². The van der Waals surface area contributed by atoms with Gasteiger partial charge in [0.05, 0.1) is 5.69 Å². The number of hydrogen-bond acceptors (Lipinski definition) is 3. The van der Waals surface area contributed by atoms with Gasteiger partial charge >= 0.3 is 5.97 Å². The lowest BCUT2D eigenvalue weighted by Gasteiger charge is -2.15. The van der Waals surface area contributed by atoms with Crippen LogP contribution < -0.4 is 5.32 Å². The Morgan fingerprint density at radius 3 is 2.68 bits per heavy atom. The summed E-state index contributed by atoms with van der Waals surface area (Å²) in [6.45, 7) is 6.00. The van der Waals surface area contributed by atoms with Crippen LogP contribution in [0.15, 0.2) is 0 Å². The first kappa shape index (κ1) is 15.5. The van der Waals surface area contributed by atoms with Crippen molar-refractivity contribution in [2.24, 2.45) is 7.05 Å². The van der Waals surface area contributed by atoms with Gasteiger partial charge in [0, 0.05) is 13.1 Å². The molecule has 5 heteroatoms. The SMILES string of the molecule is CCCCCCC(C)Nc1c(C(=O)O)c(C)nn1C. The lowest BCUT2D eigenvalue weighted by molar-refractivity contribution is 0.0697. The first-order valence-electron chi connectivity index (χ1n) is 7.00. The molecule has 19 heavy (non-hydrogen) atoms. The van der Waals surface area contributed by atoms with Crippen LogP contribution in [0, 0.1) is 6.92 Å². The number of nitrogens with one attached hydrogen (secondary N) is 1. The Bertz CT molecular complexity index is 427. The predicted octanol–water partition coefficient (Wildman–Crippen LogP) is 3.20. The third kappa shape index (κ3) is 4.26. The third-order valence-electron chi connectivity index (χ3n) is 3.31. The largest absolute Gasteiger partial charge is 0.477 e. The van der Waals surface area contributed by atoms with Gasteiger partial charge in [-0.25, -0.2) is 4.79 Å². The molecule has 1 aromatic rings. The number of aromatic nitrogens is 2. The van der Waals surface area contributed by atoms with E-state index in [2.05, 4.69) is 24.3 Å². The van der Waals surface area contributed by atoms with Gasteiger partial charge < -0.3 is 10.4 Å². The smallest absolute Gasteiger partial charge is 0.341 e. The predicted molar refractivity (Wildman–Crippen MR) is 76.7 cm³/mol. The van der Waals surface area contributed by atoms with Crippen LogP contribution in [0.5, 0.6) is 0 Å². The van der Waals surface area contributed by atoms with E-state index in [9.17, 15) is 9.90 Å². The number of rotatable bonds is 8. The van der Waals surface area contributed by atoms with Crippen molar-refractivity contribution in [3.05, 3.63) is 11.3 Å². The lowest BCUT2D eigenvalue weighted by Crippen LogP contribution is -2.19. The van der Waals surface area contributed by atoms with Crippen LogP contribution in [0.1, 0.15) is 62.0 Å². The summed E-state index contributed by atoms with van der Waals surface area (Å²) in [6, 6.07) is 0.254. The zero-order valence-electron chi connectivity index (χ0n) is 12.4. The maximum Gasteiger partial charge on any atom is 0.341 e. The van der Waals surface area contributed by atoms with Gasteiger partial charge in [0.25, 0.3) is 0 Å². The summed E-state index contributed by atoms with van der Waals surface area (Å²) in [4.78, 5) is 11.2. The number of anilines is 1. The van der Waals surface area contributed by atoms with Crippen molar-refractivity contribution in [3.8, 4) is 0 Å². The molecule has 1 heterocycles. The quantitative estimate of drug-likeness (QED) is 0.710. The molecule has 0 fully saturated rings. The second-order valence-corrected chi connectivity index (χ2v) is 5.13. The molecule has 2 N–H and O–H groups in total. The topological polar surface area (TPSA) is 67.2 Å². The number of carboxylic acids is 1. The van der Waals surface area contributed by atoms with Gasteiger partial charge in [0.1, 0.15) is 11.4 Å². The summed E-state index contributed by atoms with van der Waals surface area (Å²) in [5, 5.41) is 16.7. The number of hydrogen-bond donors (Lipinski definition) is 2. The molecule has 108 valence electrons.